The second-order valence-corrected chi connectivity index (χ2v) is 3.92. The molecule has 0 unspecified atom stereocenters. The summed E-state index contributed by atoms with van der Waals surface area (Å²) in [7, 11) is 1.89. The van der Waals surface area contributed by atoms with Crippen molar-refractivity contribution in [2.45, 2.75) is 25.9 Å². The third-order valence-electron chi connectivity index (χ3n) is 1.92. The molecule has 0 aliphatic heterocycles. The van der Waals surface area contributed by atoms with Crippen molar-refractivity contribution < 1.29 is 5.11 Å². The Morgan fingerprint density at radius 2 is 2.31 bits per heavy atom. The number of aliphatic hydroxyl groups is 1. The van der Waals surface area contributed by atoms with Gasteiger partial charge in [-0.2, -0.15) is 5.10 Å². The van der Waals surface area contributed by atoms with Crippen LogP contribution in [0.2, 0.25) is 0 Å². The highest BCUT2D eigenvalue weighted by molar-refractivity contribution is 5.03. The molecule has 0 saturated carbocycles. The van der Waals surface area contributed by atoms with Gasteiger partial charge < -0.3 is 10.4 Å². The van der Waals surface area contributed by atoms with E-state index < -0.39 is 0 Å². The van der Waals surface area contributed by atoms with Crippen LogP contribution in [-0.4, -0.2) is 27.0 Å². The Labute approximate surface area is 78.6 Å². The zero-order chi connectivity index (χ0) is 9.90. The van der Waals surface area contributed by atoms with E-state index in [1.54, 1.807) is 4.68 Å². The Bertz CT molecular complexity index is 268. The Kier molecular flexibility index (Phi) is 3.06. The molecule has 0 saturated heterocycles. The zero-order valence-corrected chi connectivity index (χ0v) is 8.41. The standard InChI is InChI=1S/C9H17N3O/c1-9(2,7-13)10-4-8-5-11-12(3)6-8/h5-6,10,13H,4,7H2,1-3H3. The molecule has 0 aromatic carbocycles. The van der Waals surface area contributed by atoms with E-state index in [2.05, 4.69) is 10.4 Å². The molecule has 0 aliphatic carbocycles. The molecule has 4 heteroatoms. The summed E-state index contributed by atoms with van der Waals surface area (Å²) in [6.07, 6.45) is 3.78. The van der Waals surface area contributed by atoms with E-state index in [1.807, 2.05) is 33.3 Å². The number of nitrogens with one attached hydrogen (secondary N) is 1. The average Bonchev–Trinajstić information content (AvgIpc) is 2.48. The zero-order valence-electron chi connectivity index (χ0n) is 8.41. The van der Waals surface area contributed by atoms with Crippen molar-refractivity contribution in [2.24, 2.45) is 7.05 Å². The van der Waals surface area contributed by atoms with Gasteiger partial charge in [-0.05, 0) is 13.8 Å². The van der Waals surface area contributed by atoms with Crippen molar-refractivity contribution in [1.29, 1.82) is 0 Å². The topological polar surface area (TPSA) is 50.1 Å². The minimum atomic E-state index is -0.226. The van der Waals surface area contributed by atoms with Gasteiger partial charge in [0.15, 0.2) is 0 Å². The number of hydrogen-bond donors (Lipinski definition) is 2. The molecule has 74 valence electrons. The molecule has 0 amide bonds. The van der Waals surface area contributed by atoms with E-state index >= 15 is 0 Å². The first-order valence-electron chi connectivity index (χ1n) is 4.37. The second-order valence-electron chi connectivity index (χ2n) is 3.92. The molecule has 0 fully saturated rings. The van der Waals surface area contributed by atoms with Gasteiger partial charge in [0.05, 0.1) is 12.8 Å². The second kappa shape index (κ2) is 3.89. The summed E-state index contributed by atoms with van der Waals surface area (Å²) >= 11 is 0. The summed E-state index contributed by atoms with van der Waals surface area (Å²) in [6, 6.07) is 0. The van der Waals surface area contributed by atoms with Crippen molar-refractivity contribution >= 4 is 0 Å². The summed E-state index contributed by atoms with van der Waals surface area (Å²) in [5.74, 6) is 0. The Balaban J connectivity index is 2.43. The maximum absolute atomic E-state index is 8.99. The van der Waals surface area contributed by atoms with E-state index in [9.17, 15) is 0 Å². The number of aliphatic hydroxyl groups excluding tert-OH is 1. The first-order chi connectivity index (χ1) is 6.03. The van der Waals surface area contributed by atoms with Gasteiger partial charge in [0.25, 0.3) is 0 Å². The molecule has 0 aliphatic rings. The molecular weight excluding hydrogens is 166 g/mol. The van der Waals surface area contributed by atoms with Crippen LogP contribution in [0.4, 0.5) is 0 Å². The minimum Gasteiger partial charge on any atom is -0.394 e. The maximum atomic E-state index is 8.99. The number of hydrogen-bond acceptors (Lipinski definition) is 3. The summed E-state index contributed by atoms with van der Waals surface area (Å²) < 4.78 is 1.77. The first kappa shape index (κ1) is 10.2. The lowest BCUT2D eigenvalue weighted by Gasteiger charge is -2.22. The smallest absolute Gasteiger partial charge is 0.0607 e. The predicted molar refractivity (Wildman–Crippen MR) is 51.2 cm³/mol. The summed E-state index contributed by atoms with van der Waals surface area (Å²) in [5, 5.41) is 16.3. The van der Waals surface area contributed by atoms with Gasteiger partial charge in [0.2, 0.25) is 0 Å². The summed E-state index contributed by atoms with van der Waals surface area (Å²) in [6.45, 7) is 4.79. The van der Waals surface area contributed by atoms with Gasteiger partial charge in [0.1, 0.15) is 0 Å². The van der Waals surface area contributed by atoms with Crippen LogP contribution in [0.5, 0.6) is 0 Å². The fourth-order valence-corrected chi connectivity index (χ4v) is 0.960. The van der Waals surface area contributed by atoms with Crippen molar-refractivity contribution in [2.75, 3.05) is 6.61 Å². The van der Waals surface area contributed by atoms with Gasteiger partial charge in [-0.25, -0.2) is 0 Å². The molecule has 1 aromatic heterocycles. The van der Waals surface area contributed by atoms with Gasteiger partial charge in [-0.15, -0.1) is 0 Å². The minimum absolute atomic E-state index is 0.132. The average molecular weight is 183 g/mol. The lowest BCUT2D eigenvalue weighted by Crippen LogP contribution is -2.41. The highest BCUT2D eigenvalue weighted by Gasteiger charge is 2.14. The van der Waals surface area contributed by atoms with Crippen molar-refractivity contribution in [3.05, 3.63) is 18.0 Å². The largest absolute Gasteiger partial charge is 0.394 e. The number of nitrogens with zero attached hydrogens (tertiary/aromatic N) is 2. The fraction of sp³-hybridized carbons (Fsp3) is 0.667. The molecule has 4 nitrogen and oxygen atoms in total. The number of aromatic nitrogens is 2. The molecule has 0 radical (unpaired) electrons. The fourth-order valence-electron chi connectivity index (χ4n) is 0.960. The predicted octanol–water partition coefficient (Wildman–Crippen LogP) is 0.281. The van der Waals surface area contributed by atoms with Crippen molar-refractivity contribution in [3.8, 4) is 0 Å². The molecule has 2 N–H and O–H groups in total. The van der Waals surface area contributed by atoms with Gasteiger partial charge in [-0.1, -0.05) is 0 Å². The van der Waals surface area contributed by atoms with Crippen LogP contribution in [-0.2, 0) is 13.6 Å². The van der Waals surface area contributed by atoms with Crippen LogP contribution in [0.25, 0.3) is 0 Å². The van der Waals surface area contributed by atoms with Crippen LogP contribution in [0.3, 0.4) is 0 Å². The van der Waals surface area contributed by atoms with E-state index in [-0.39, 0.29) is 12.1 Å². The molecule has 1 aromatic rings. The maximum Gasteiger partial charge on any atom is 0.0607 e. The Hall–Kier alpha value is -0.870. The van der Waals surface area contributed by atoms with E-state index in [0.29, 0.717) is 0 Å². The van der Waals surface area contributed by atoms with Crippen molar-refractivity contribution in [1.82, 2.24) is 15.1 Å². The van der Waals surface area contributed by atoms with Crippen molar-refractivity contribution in [3.63, 3.8) is 0 Å². The molecule has 1 heterocycles. The van der Waals surface area contributed by atoms with Crippen LogP contribution >= 0.6 is 0 Å². The number of rotatable bonds is 4. The molecular formula is C9H17N3O. The highest BCUT2D eigenvalue weighted by atomic mass is 16.3. The van der Waals surface area contributed by atoms with Crippen LogP contribution in [0, 0.1) is 0 Å². The van der Waals surface area contributed by atoms with E-state index in [0.717, 1.165) is 12.1 Å². The molecule has 0 spiro atoms. The SMILES string of the molecule is Cn1cc(CNC(C)(C)CO)cn1. The van der Waals surface area contributed by atoms with Gasteiger partial charge in [0, 0.05) is 30.9 Å². The van der Waals surface area contributed by atoms with Gasteiger partial charge in [-0.3, -0.25) is 4.68 Å². The van der Waals surface area contributed by atoms with Crippen LogP contribution < -0.4 is 5.32 Å². The first-order valence-corrected chi connectivity index (χ1v) is 4.37. The Morgan fingerprint density at radius 1 is 1.62 bits per heavy atom. The molecule has 1 rings (SSSR count). The Morgan fingerprint density at radius 3 is 2.77 bits per heavy atom. The van der Waals surface area contributed by atoms with E-state index in [1.165, 1.54) is 0 Å². The number of aryl methyl sites for hydroxylation is 1. The quantitative estimate of drug-likeness (QED) is 0.705. The van der Waals surface area contributed by atoms with Crippen LogP contribution in [0.1, 0.15) is 19.4 Å². The third-order valence-corrected chi connectivity index (χ3v) is 1.92. The van der Waals surface area contributed by atoms with E-state index in [4.69, 9.17) is 5.11 Å². The van der Waals surface area contributed by atoms with Crippen LogP contribution in [0.15, 0.2) is 12.4 Å². The lowest BCUT2D eigenvalue weighted by atomic mass is 10.1. The summed E-state index contributed by atoms with van der Waals surface area (Å²) in [4.78, 5) is 0. The summed E-state index contributed by atoms with van der Waals surface area (Å²) in [5.41, 5.74) is 0.902. The molecule has 13 heavy (non-hydrogen) atoms. The monoisotopic (exact) mass is 183 g/mol. The molecule has 0 bridgehead atoms. The molecule has 0 atom stereocenters. The third kappa shape index (κ3) is 3.16. The normalized spacial score (nSPS) is 12.0. The lowest BCUT2D eigenvalue weighted by molar-refractivity contribution is 0.187. The van der Waals surface area contributed by atoms with Gasteiger partial charge >= 0.3 is 0 Å². The highest BCUT2D eigenvalue weighted by Crippen LogP contribution is 2.03.